The maximum atomic E-state index is 13.0. The molecule has 3 aromatic rings. The Hall–Kier alpha value is -3.38. The number of ether oxygens (including phenoxy) is 2. The van der Waals surface area contributed by atoms with Gasteiger partial charge in [0.05, 0.1) is 11.7 Å². The molecule has 7 rings (SSSR count). The van der Waals surface area contributed by atoms with Gasteiger partial charge in [-0.15, -0.1) is 13.2 Å². The van der Waals surface area contributed by atoms with Crippen LogP contribution in [-0.2, 0) is 4.74 Å². The molecule has 1 atom stereocenters. The first-order valence-corrected chi connectivity index (χ1v) is 12.3. The largest absolute Gasteiger partial charge is 0.573 e. The summed E-state index contributed by atoms with van der Waals surface area (Å²) in [5, 5.41) is 0. The van der Waals surface area contributed by atoms with Gasteiger partial charge in [0.15, 0.2) is 5.65 Å². The monoisotopic (exact) mass is 516 g/mol. The number of alkyl halides is 3. The molecule has 1 aromatic carbocycles. The number of halogens is 3. The number of fused-ring (bicyclic) bond motifs is 2. The van der Waals surface area contributed by atoms with Gasteiger partial charge in [0, 0.05) is 43.0 Å². The zero-order valence-corrected chi connectivity index (χ0v) is 19.9. The van der Waals surface area contributed by atoms with Crippen LogP contribution in [0, 0.1) is 5.41 Å². The number of anilines is 1. The van der Waals surface area contributed by atoms with Crippen LogP contribution in [0.3, 0.4) is 0 Å². The van der Waals surface area contributed by atoms with E-state index in [2.05, 4.69) is 14.7 Å². The summed E-state index contributed by atoms with van der Waals surface area (Å²) in [4.78, 5) is 27.4. The highest BCUT2D eigenvalue weighted by molar-refractivity contribution is 5.99. The zero-order chi connectivity index (χ0) is 25.9. The highest BCUT2D eigenvalue weighted by atomic mass is 19.4. The Morgan fingerprint density at radius 3 is 2.68 bits per heavy atom. The van der Waals surface area contributed by atoms with E-state index in [1.54, 1.807) is 11.1 Å². The van der Waals surface area contributed by atoms with Crippen LogP contribution in [0.4, 0.5) is 18.9 Å². The Bertz CT molecular complexity index is 1350. The van der Waals surface area contributed by atoms with E-state index in [9.17, 15) is 18.0 Å². The van der Waals surface area contributed by atoms with Crippen molar-refractivity contribution < 1.29 is 27.4 Å². The summed E-state index contributed by atoms with van der Waals surface area (Å²) in [6, 6.07) is 5.36. The SMILES string of the molecule is NCC12CC(C1)O[C@H]2c1nc2c(C3CCN(C(=O)c4ccc(OC(F)(F)F)cc4N)CC3)ccnc2[nH]1. The number of piperidine rings is 1. The lowest BCUT2D eigenvalue weighted by molar-refractivity contribution is -0.274. The Morgan fingerprint density at radius 1 is 1.24 bits per heavy atom. The van der Waals surface area contributed by atoms with Gasteiger partial charge in [-0.05, 0) is 55.4 Å². The number of nitrogens with one attached hydrogen (secondary N) is 1. The van der Waals surface area contributed by atoms with E-state index < -0.39 is 12.1 Å². The molecule has 1 aliphatic carbocycles. The molecule has 12 heteroatoms. The van der Waals surface area contributed by atoms with Crippen molar-refractivity contribution in [2.24, 2.45) is 11.1 Å². The average molecular weight is 517 g/mol. The summed E-state index contributed by atoms with van der Waals surface area (Å²) in [6.45, 7) is 1.52. The molecule has 4 aliphatic rings. The molecule has 0 unspecified atom stereocenters. The number of carbonyl (C=O) groups excluding carboxylic acids is 1. The number of carbonyl (C=O) groups is 1. The molecule has 37 heavy (non-hydrogen) atoms. The molecular formula is C25H27F3N6O3. The first-order chi connectivity index (χ1) is 17.7. The fraction of sp³-hybridized carbons (Fsp3) is 0.480. The predicted octanol–water partition coefficient (Wildman–Crippen LogP) is 3.64. The molecule has 1 amide bonds. The number of rotatable bonds is 5. The number of aromatic amines is 1. The van der Waals surface area contributed by atoms with Gasteiger partial charge in [0.25, 0.3) is 5.91 Å². The maximum Gasteiger partial charge on any atom is 0.573 e. The minimum Gasteiger partial charge on any atom is -0.406 e. The van der Waals surface area contributed by atoms with E-state index >= 15 is 0 Å². The quantitative estimate of drug-likeness (QED) is 0.441. The number of H-pyrrole nitrogens is 1. The minimum absolute atomic E-state index is 0.0523. The van der Waals surface area contributed by atoms with Crippen LogP contribution in [0.25, 0.3) is 11.2 Å². The van der Waals surface area contributed by atoms with Crippen molar-refractivity contribution in [2.75, 3.05) is 25.4 Å². The van der Waals surface area contributed by atoms with Crippen LogP contribution in [0.5, 0.6) is 5.75 Å². The Labute approximate surface area is 210 Å². The highest BCUT2D eigenvalue weighted by Crippen LogP contribution is 2.60. The molecule has 5 heterocycles. The fourth-order valence-electron chi connectivity index (χ4n) is 6.02. The molecular weight excluding hydrogens is 489 g/mol. The first kappa shape index (κ1) is 24.0. The van der Waals surface area contributed by atoms with Crippen molar-refractivity contribution in [3.63, 3.8) is 0 Å². The number of aromatic nitrogens is 3. The van der Waals surface area contributed by atoms with Gasteiger partial charge in [-0.3, -0.25) is 4.79 Å². The van der Waals surface area contributed by atoms with Crippen LogP contribution < -0.4 is 16.2 Å². The van der Waals surface area contributed by atoms with E-state index in [1.165, 1.54) is 6.07 Å². The van der Waals surface area contributed by atoms with Crippen LogP contribution in [0.15, 0.2) is 30.5 Å². The van der Waals surface area contributed by atoms with Gasteiger partial charge in [0.1, 0.15) is 23.2 Å². The topological polar surface area (TPSA) is 132 Å². The number of hydrogen-bond donors (Lipinski definition) is 3. The molecule has 196 valence electrons. The zero-order valence-electron chi connectivity index (χ0n) is 19.9. The second kappa shape index (κ2) is 8.59. The van der Waals surface area contributed by atoms with Crippen LogP contribution in [0.1, 0.15) is 59.5 Å². The Balaban J connectivity index is 1.16. The van der Waals surface area contributed by atoms with Crippen LogP contribution in [0.2, 0.25) is 0 Å². The third kappa shape index (κ3) is 4.17. The standard InChI is InChI=1S/C25H27F3N6O3/c26-25(27,28)37-14-1-2-17(18(30)9-14)23(35)34-7-4-13(5-8-34)16-3-6-31-21-19(16)32-22(33-21)20-24(12-29)10-15(11-24)36-20/h1-3,6,9,13,15,20H,4-5,7-8,10-12,29-30H2,(H,31,32,33)/t15?,20-,24?/m0/s1. The molecule has 0 spiro atoms. The molecule has 5 N–H and O–H groups in total. The average Bonchev–Trinajstić information content (AvgIpc) is 3.53. The number of likely N-dealkylation sites (tertiary alicyclic amines) is 1. The summed E-state index contributed by atoms with van der Waals surface area (Å²) in [5.74, 6) is 0.160. The van der Waals surface area contributed by atoms with Gasteiger partial charge < -0.3 is 30.8 Å². The lowest BCUT2D eigenvalue weighted by Crippen LogP contribution is -2.40. The number of imidazole rings is 1. The van der Waals surface area contributed by atoms with Crippen molar-refractivity contribution in [1.82, 2.24) is 19.9 Å². The molecule has 3 saturated heterocycles. The number of nitrogens with zero attached hydrogens (tertiary/aromatic N) is 3. The molecule has 4 fully saturated rings. The van der Waals surface area contributed by atoms with Gasteiger partial charge in [-0.25, -0.2) is 9.97 Å². The summed E-state index contributed by atoms with van der Waals surface area (Å²) in [7, 11) is 0. The van der Waals surface area contributed by atoms with E-state index in [4.69, 9.17) is 21.2 Å². The van der Waals surface area contributed by atoms with Crippen molar-refractivity contribution in [2.45, 2.75) is 50.2 Å². The smallest absolute Gasteiger partial charge is 0.406 e. The van der Waals surface area contributed by atoms with E-state index in [-0.39, 0.29) is 40.7 Å². The van der Waals surface area contributed by atoms with E-state index in [0.717, 1.165) is 41.9 Å². The molecule has 0 radical (unpaired) electrons. The van der Waals surface area contributed by atoms with Crippen molar-refractivity contribution in [1.29, 1.82) is 0 Å². The Morgan fingerprint density at radius 2 is 2.00 bits per heavy atom. The summed E-state index contributed by atoms with van der Waals surface area (Å²) >= 11 is 0. The number of nitrogens with two attached hydrogens (primary N) is 2. The van der Waals surface area contributed by atoms with Gasteiger partial charge >= 0.3 is 6.36 Å². The number of nitrogen functional groups attached to an aromatic ring is 1. The van der Waals surface area contributed by atoms with Gasteiger partial charge in [-0.2, -0.15) is 0 Å². The molecule has 2 aromatic heterocycles. The third-order valence-corrected chi connectivity index (χ3v) is 7.95. The lowest BCUT2D eigenvalue weighted by Gasteiger charge is -2.36. The minimum atomic E-state index is -4.83. The van der Waals surface area contributed by atoms with Crippen molar-refractivity contribution >= 4 is 22.8 Å². The Kier molecular flexibility index (Phi) is 5.57. The molecule has 1 saturated carbocycles. The van der Waals surface area contributed by atoms with Crippen LogP contribution in [-0.4, -0.2) is 57.9 Å². The highest BCUT2D eigenvalue weighted by Gasteiger charge is 2.59. The normalized spacial score (nSPS) is 25.9. The second-order valence-corrected chi connectivity index (χ2v) is 10.2. The number of benzene rings is 1. The predicted molar refractivity (Wildman–Crippen MR) is 128 cm³/mol. The van der Waals surface area contributed by atoms with E-state index in [0.29, 0.717) is 38.1 Å². The fourth-order valence-corrected chi connectivity index (χ4v) is 6.02. The number of amides is 1. The van der Waals surface area contributed by atoms with Crippen molar-refractivity contribution in [3.8, 4) is 5.75 Å². The molecule has 9 nitrogen and oxygen atoms in total. The summed E-state index contributed by atoms with van der Waals surface area (Å²) < 4.78 is 47.4. The van der Waals surface area contributed by atoms with E-state index in [1.807, 2.05) is 6.07 Å². The summed E-state index contributed by atoms with van der Waals surface area (Å²) in [6.07, 6.45) is 0.357. The van der Waals surface area contributed by atoms with Crippen molar-refractivity contribution in [3.05, 3.63) is 47.4 Å². The van der Waals surface area contributed by atoms with Gasteiger partial charge in [-0.1, -0.05) is 0 Å². The third-order valence-electron chi connectivity index (χ3n) is 7.95. The number of hydrogen-bond acceptors (Lipinski definition) is 7. The first-order valence-electron chi connectivity index (χ1n) is 12.3. The van der Waals surface area contributed by atoms with Crippen LogP contribution >= 0.6 is 0 Å². The second-order valence-electron chi connectivity index (χ2n) is 10.2. The maximum absolute atomic E-state index is 13.0. The summed E-state index contributed by atoms with van der Waals surface area (Å²) in [5.41, 5.74) is 14.6. The van der Waals surface area contributed by atoms with Gasteiger partial charge in [0.2, 0.25) is 0 Å². The lowest BCUT2D eigenvalue weighted by atomic mass is 9.66. The number of pyridine rings is 1. The molecule has 3 aliphatic heterocycles. The molecule has 2 bridgehead atoms.